The zero-order valence-electron chi connectivity index (χ0n) is 17.7. The van der Waals surface area contributed by atoms with Crippen LogP contribution in [0, 0.1) is 0 Å². The number of thiophene rings is 1. The molecule has 0 aliphatic heterocycles. The number of rotatable bonds is 13. The van der Waals surface area contributed by atoms with Crippen molar-refractivity contribution >= 4 is 28.2 Å². The third kappa shape index (κ3) is 7.65. The summed E-state index contributed by atoms with van der Waals surface area (Å²) in [5.41, 5.74) is 2.19. The molecule has 1 aromatic heterocycles. The molecule has 29 heavy (non-hydrogen) atoms. The number of benzene rings is 1. The minimum Gasteiger partial charge on any atom is -0.462 e. The molecular weight excluding hydrogens is 382 g/mol. The summed E-state index contributed by atoms with van der Waals surface area (Å²) in [4.78, 5) is 25.0. The topological polar surface area (TPSA) is 55.4 Å². The first kappa shape index (κ1) is 23.1. The molecule has 1 heterocycles. The molecule has 158 valence electrons. The van der Waals surface area contributed by atoms with E-state index in [0.29, 0.717) is 23.6 Å². The van der Waals surface area contributed by atoms with Crippen molar-refractivity contribution in [2.45, 2.75) is 71.6 Å². The van der Waals surface area contributed by atoms with E-state index >= 15 is 0 Å². The fourth-order valence-electron chi connectivity index (χ4n) is 3.29. The Kier molecular flexibility index (Phi) is 10.5. The van der Waals surface area contributed by atoms with Gasteiger partial charge in [0, 0.05) is 17.4 Å². The first-order valence-electron chi connectivity index (χ1n) is 10.8. The molecule has 1 N–H and O–H groups in total. The predicted octanol–water partition coefficient (Wildman–Crippen LogP) is 7.06. The van der Waals surface area contributed by atoms with Crippen LogP contribution in [0.1, 0.15) is 82.0 Å². The third-order valence-corrected chi connectivity index (χ3v) is 5.76. The number of carbonyl (C=O) groups excluding carboxylic acids is 2. The minimum atomic E-state index is -0.394. The fraction of sp³-hybridized carbons (Fsp3) is 0.500. The number of amides is 1. The van der Waals surface area contributed by atoms with Gasteiger partial charge in [-0.25, -0.2) is 4.79 Å². The maximum absolute atomic E-state index is 12.5. The van der Waals surface area contributed by atoms with Gasteiger partial charge in [0.25, 0.3) is 0 Å². The Morgan fingerprint density at radius 3 is 2.24 bits per heavy atom. The first-order valence-corrected chi connectivity index (χ1v) is 11.7. The lowest BCUT2D eigenvalue weighted by atomic mass is 10.0. The molecule has 0 aliphatic rings. The Bertz CT molecular complexity index is 755. The van der Waals surface area contributed by atoms with Crippen LogP contribution in [0.2, 0.25) is 0 Å². The lowest BCUT2D eigenvalue weighted by molar-refractivity contribution is -0.116. The van der Waals surface area contributed by atoms with Crippen molar-refractivity contribution in [1.82, 2.24) is 0 Å². The largest absolute Gasteiger partial charge is 0.462 e. The maximum atomic E-state index is 12.5. The second-order valence-electron chi connectivity index (χ2n) is 7.21. The standard InChI is InChI=1S/C24H33NO3S/c1-3-5-6-7-8-9-10-14-17-21(26)25-23-22(24(27)28-4-2)20(18-29-23)19-15-12-11-13-16-19/h11-13,15-16,18H,3-10,14,17H2,1-2H3,(H,25,26). The van der Waals surface area contributed by atoms with Crippen molar-refractivity contribution in [3.63, 3.8) is 0 Å². The monoisotopic (exact) mass is 415 g/mol. The van der Waals surface area contributed by atoms with Crippen LogP contribution in [0.25, 0.3) is 11.1 Å². The van der Waals surface area contributed by atoms with Crippen molar-refractivity contribution in [2.24, 2.45) is 0 Å². The molecule has 0 saturated heterocycles. The van der Waals surface area contributed by atoms with Crippen LogP contribution in [0.4, 0.5) is 5.00 Å². The highest BCUT2D eigenvalue weighted by Gasteiger charge is 2.22. The number of unbranched alkanes of at least 4 members (excludes halogenated alkanes) is 7. The van der Waals surface area contributed by atoms with E-state index in [-0.39, 0.29) is 5.91 Å². The number of anilines is 1. The van der Waals surface area contributed by atoms with Gasteiger partial charge in [0.15, 0.2) is 0 Å². The molecule has 0 unspecified atom stereocenters. The quantitative estimate of drug-likeness (QED) is 0.281. The van der Waals surface area contributed by atoms with Gasteiger partial charge in [0.1, 0.15) is 10.6 Å². The van der Waals surface area contributed by atoms with Gasteiger partial charge in [-0.2, -0.15) is 0 Å². The van der Waals surface area contributed by atoms with Crippen molar-refractivity contribution in [3.05, 3.63) is 41.3 Å². The summed E-state index contributed by atoms with van der Waals surface area (Å²) in [6.45, 7) is 4.31. The molecule has 4 nitrogen and oxygen atoms in total. The second-order valence-corrected chi connectivity index (χ2v) is 8.09. The summed E-state index contributed by atoms with van der Waals surface area (Å²) in [6.07, 6.45) is 10.1. The van der Waals surface area contributed by atoms with Crippen LogP contribution in [0.5, 0.6) is 0 Å². The van der Waals surface area contributed by atoms with Gasteiger partial charge in [-0.3, -0.25) is 4.79 Å². The number of carbonyl (C=O) groups is 2. The molecule has 0 bridgehead atoms. The van der Waals surface area contributed by atoms with Gasteiger partial charge >= 0.3 is 5.97 Å². The second kappa shape index (κ2) is 13.2. The first-order chi connectivity index (χ1) is 14.2. The zero-order valence-corrected chi connectivity index (χ0v) is 18.5. The summed E-state index contributed by atoms with van der Waals surface area (Å²) >= 11 is 1.38. The van der Waals surface area contributed by atoms with Gasteiger partial charge < -0.3 is 10.1 Å². The third-order valence-electron chi connectivity index (χ3n) is 4.87. The fourth-order valence-corrected chi connectivity index (χ4v) is 4.27. The lowest BCUT2D eigenvalue weighted by Crippen LogP contribution is -2.14. The average Bonchev–Trinajstić information content (AvgIpc) is 3.14. The molecular formula is C24H33NO3S. The zero-order chi connectivity index (χ0) is 20.9. The molecule has 1 aromatic carbocycles. The highest BCUT2D eigenvalue weighted by molar-refractivity contribution is 7.15. The van der Waals surface area contributed by atoms with Gasteiger partial charge in [-0.15, -0.1) is 11.3 Å². The summed E-state index contributed by atoms with van der Waals surface area (Å²) < 4.78 is 5.24. The SMILES string of the molecule is CCCCCCCCCCC(=O)Nc1scc(-c2ccccc2)c1C(=O)OCC. The number of nitrogens with one attached hydrogen (secondary N) is 1. The van der Waals surface area contributed by atoms with E-state index in [1.165, 1.54) is 49.9 Å². The molecule has 0 fully saturated rings. The Labute approximate surface area is 178 Å². The molecule has 0 aliphatic carbocycles. The van der Waals surface area contributed by atoms with E-state index < -0.39 is 5.97 Å². The van der Waals surface area contributed by atoms with Crippen molar-refractivity contribution < 1.29 is 14.3 Å². The molecule has 0 saturated carbocycles. The van der Waals surface area contributed by atoms with Gasteiger partial charge in [0.05, 0.1) is 6.61 Å². The molecule has 0 spiro atoms. The van der Waals surface area contributed by atoms with Crippen LogP contribution in [0.3, 0.4) is 0 Å². The van der Waals surface area contributed by atoms with E-state index in [4.69, 9.17) is 4.74 Å². The molecule has 2 rings (SSSR count). The average molecular weight is 416 g/mol. The Morgan fingerprint density at radius 1 is 0.931 bits per heavy atom. The van der Waals surface area contributed by atoms with Crippen LogP contribution in [-0.4, -0.2) is 18.5 Å². The summed E-state index contributed by atoms with van der Waals surface area (Å²) in [5, 5.41) is 5.42. The van der Waals surface area contributed by atoms with Gasteiger partial charge in [0.2, 0.25) is 5.91 Å². The van der Waals surface area contributed by atoms with Gasteiger partial charge in [-0.05, 0) is 18.9 Å². The molecule has 2 aromatic rings. The van der Waals surface area contributed by atoms with Crippen LogP contribution in [-0.2, 0) is 9.53 Å². The van der Waals surface area contributed by atoms with E-state index in [2.05, 4.69) is 12.2 Å². The number of hydrogen-bond acceptors (Lipinski definition) is 4. The molecule has 1 amide bonds. The highest BCUT2D eigenvalue weighted by atomic mass is 32.1. The number of esters is 1. The maximum Gasteiger partial charge on any atom is 0.341 e. The van der Waals surface area contributed by atoms with Crippen LogP contribution >= 0.6 is 11.3 Å². The smallest absolute Gasteiger partial charge is 0.341 e. The van der Waals surface area contributed by atoms with E-state index in [1.807, 2.05) is 35.7 Å². The van der Waals surface area contributed by atoms with E-state index in [0.717, 1.165) is 24.0 Å². The summed E-state index contributed by atoms with van der Waals surface area (Å²) in [7, 11) is 0. The minimum absolute atomic E-state index is 0.0389. The molecule has 0 atom stereocenters. The lowest BCUT2D eigenvalue weighted by Gasteiger charge is -2.09. The van der Waals surface area contributed by atoms with E-state index in [1.54, 1.807) is 6.92 Å². The van der Waals surface area contributed by atoms with Crippen LogP contribution < -0.4 is 5.32 Å². The number of hydrogen-bond donors (Lipinski definition) is 1. The van der Waals surface area contributed by atoms with Crippen molar-refractivity contribution in [2.75, 3.05) is 11.9 Å². The summed E-state index contributed by atoms with van der Waals surface area (Å²) in [5.74, 6) is -0.432. The van der Waals surface area contributed by atoms with Crippen molar-refractivity contribution in [1.29, 1.82) is 0 Å². The normalized spacial score (nSPS) is 10.7. The number of ether oxygens (including phenoxy) is 1. The van der Waals surface area contributed by atoms with E-state index in [9.17, 15) is 9.59 Å². The van der Waals surface area contributed by atoms with Gasteiger partial charge in [-0.1, -0.05) is 82.2 Å². The predicted molar refractivity (Wildman–Crippen MR) is 122 cm³/mol. The Morgan fingerprint density at radius 2 is 1.59 bits per heavy atom. The molecule has 0 radical (unpaired) electrons. The van der Waals surface area contributed by atoms with Crippen LogP contribution in [0.15, 0.2) is 35.7 Å². The molecule has 5 heteroatoms. The Balaban J connectivity index is 1.91. The Hall–Kier alpha value is -2.14. The highest BCUT2D eigenvalue weighted by Crippen LogP contribution is 2.36. The van der Waals surface area contributed by atoms with Crippen molar-refractivity contribution in [3.8, 4) is 11.1 Å². The summed E-state index contributed by atoms with van der Waals surface area (Å²) in [6, 6.07) is 9.71.